The summed E-state index contributed by atoms with van der Waals surface area (Å²) in [5.74, 6) is -1.12. The minimum atomic E-state index is -0.566. The largest absolute Gasteiger partial charge is 0.329 e. The van der Waals surface area contributed by atoms with Crippen LogP contribution in [0.15, 0.2) is 16.6 Å². The van der Waals surface area contributed by atoms with Crippen molar-refractivity contribution in [2.75, 3.05) is 26.2 Å². The molecule has 4 N–H and O–H groups in total. The molecule has 3 nitrogen and oxygen atoms in total. The molecule has 0 heterocycles. The molecule has 0 atom stereocenters. The van der Waals surface area contributed by atoms with E-state index in [9.17, 15) is 8.78 Å². The zero-order valence-electron chi connectivity index (χ0n) is 9.43. The van der Waals surface area contributed by atoms with Crippen LogP contribution < -0.4 is 11.5 Å². The molecule has 0 aromatic heterocycles. The van der Waals surface area contributed by atoms with Gasteiger partial charge in [-0.3, -0.25) is 4.90 Å². The standard InChI is InChI=1S/C11H16BrF2N3/c12-9-1-2-10(13)8(11(9)14)7-17(5-3-15)6-4-16/h1-2H,3-7,15-16H2. The molecule has 0 unspecified atom stereocenters. The predicted molar refractivity (Wildman–Crippen MR) is 67.4 cm³/mol. The molecule has 0 radical (unpaired) electrons. The lowest BCUT2D eigenvalue weighted by Gasteiger charge is -2.21. The lowest BCUT2D eigenvalue weighted by Crippen LogP contribution is -2.34. The fraction of sp³-hybridized carbons (Fsp3) is 0.455. The third-order valence-electron chi connectivity index (χ3n) is 2.41. The molecule has 0 bridgehead atoms. The van der Waals surface area contributed by atoms with Crippen LogP contribution >= 0.6 is 15.9 Å². The Labute approximate surface area is 108 Å². The van der Waals surface area contributed by atoms with Gasteiger partial charge in [-0.1, -0.05) is 0 Å². The Morgan fingerprint density at radius 1 is 1.12 bits per heavy atom. The van der Waals surface area contributed by atoms with Crippen molar-refractivity contribution < 1.29 is 8.78 Å². The summed E-state index contributed by atoms with van der Waals surface area (Å²) in [6.45, 7) is 2.14. The summed E-state index contributed by atoms with van der Waals surface area (Å²) in [7, 11) is 0. The highest BCUT2D eigenvalue weighted by Crippen LogP contribution is 2.22. The summed E-state index contributed by atoms with van der Waals surface area (Å²) < 4.78 is 27.5. The van der Waals surface area contributed by atoms with Crippen LogP contribution in [0.25, 0.3) is 0 Å². The van der Waals surface area contributed by atoms with Crippen molar-refractivity contribution in [3.8, 4) is 0 Å². The fourth-order valence-electron chi connectivity index (χ4n) is 1.57. The summed E-state index contributed by atoms with van der Waals surface area (Å²) in [5.41, 5.74) is 10.9. The van der Waals surface area contributed by atoms with E-state index in [1.54, 1.807) is 0 Å². The van der Waals surface area contributed by atoms with Gasteiger partial charge in [-0.05, 0) is 28.1 Å². The number of halogens is 3. The molecular formula is C11H16BrF2N3. The third kappa shape index (κ3) is 3.99. The van der Waals surface area contributed by atoms with E-state index in [-0.39, 0.29) is 16.6 Å². The fourth-order valence-corrected chi connectivity index (χ4v) is 1.94. The van der Waals surface area contributed by atoms with Crippen LogP contribution in [-0.4, -0.2) is 31.1 Å². The van der Waals surface area contributed by atoms with Gasteiger partial charge in [-0.2, -0.15) is 0 Å². The van der Waals surface area contributed by atoms with Gasteiger partial charge in [0.25, 0.3) is 0 Å². The second kappa shape index (κ2) is 7.00. The number of benzene rings is 1. The monoisotopic (exact) mass is 307 g/mol. The Kier molecular flexibility index (Phi) is 5.97. The van der Waals surface area contributed by atoms with Crippen LogP contribution in [0.4, 0.5) is 8.78 Å². The van der Waals surface area contributed by atoms with E-state index in [4.69, 9.17) is 11.5 Å². The molecule has 0 saturated carbocycles. The van der Waals surface area contributed by atoms with Gasteiger partial charge in [0.2, 0.25) is 0 Å². The maximum Gasteiger partial charge on any atom is 0.144 e. The smallest absolute Gasteiger partial charge is 0.144 e. The van der Waals surface area contributed by atoms with Crippen molar-refractivity contribution in [1.29, 1.82) is 0 Å². The molecule has 1 aromatic carbocycles. The molecule has 0 amide bonds. The maximum atomic E-state index is 13.7. The summed E-state index contributed by atoms with van der Waals surface area (Å²) in [4.78, 5) is 1.83. The molecule has 0 aliphatic carbocycles. The molecule has 0 fully saturated rings. The average Bonchev–Trinajstić information content (AvgIpc) is 2.30. The number of hydrogen-bond acceptors (Lipinski definition) is 3. The molecule has 0 saturated heterocycles. The molecule has 96 valence electrons. The lowest BCUT2D eigenvalue weighted by atomic mass is 10.2. The first-order valence-corrected chi connectivity index (χ1v) is 6.14. The summed E-state index contributed by atoms with van der Waals surface area (Å²) in [5, 5.41) is 0. The third-order valence-corrected chi connectivity index (χ3v) is 3.02. The first kappa shape index (κ1) is 14.5. The Morgan fingerprint density at radius 3 is 2.24 bits per heavy atom. The van der Waals surface area contributed by atoms with Crippen LogP contribution in [0.3, 0.4) is 0 Å². The van der Waals surface area contributed by atoms with Gasteiger partial charge in [-0.25, -0.2) is 8.78 Å². The Morgan fingerprint density at radius 2 is 1.71 bits per heavy atom. The van der Waals surface area contributed by atoms with E-state index in [0.717, 1.165) is 0 Å². The average molecular weight is 308 g/mol. The molecule has 6 heteroatoms. The molecule has 17 heavy (non-hydrogen) atoms. The SMILES string of the molecule is NCCN(CCN)Cc1c(F)ccc(Br)c1F. The lowest BCUT2D eigenvalue weighted by molar-refractivity contribution is 0.271. The minimum Gasteiger partial charge on any atom is -0.329 e. The Hall–Kier alpha value is -0.560. The highest BCUT2D eigenvalue weighted by Gasteiger charge is 2.15. The highest BCUT2D eigenvalue weighted by molar-refractivity contribution is 9.10. The predicted octanol–water partition coefficient (Wildman–Crippen LogP) is 1.45. The quantitative estimate of drug-likeness (QED) is 0.782. The second-order valence-electron chi connectivity index (χ2n) is 3.68. The van der Waals surface area contributed by atoms with Crippen molar-refractivity contribution in [2.24, 2.45) is 11.5 Å². The van der Waals surface area contributed by atoms with E-state index in [2.05, 4.69) is 15.9 Å². The van der Waals surface area contributed by atoms with Crippen LogP contribution in [0.5, 0.6) is 0 Å². The first-order valence-electron chi connectivity index (χ1n) is 5.35. The number of nitrogens with zero attached hydrogens (tertiary/aromatic N) is 1. The summed E-state index contributed by atoms with van der Waals surface area (Å²) >= 11 is 3.04. The van der Waals surface area contributed by atoms with Gasteiger partial charge < -0.3 is 11.5 Å². The molecular weight excluding hydrogens is 292 g/mol. The van der Waals surface area contributed by atoms with E-state index < -0.39 is 11.6 Å². The van der Waals surface area contributed by atoms with Gasteiger partial charge in [-0.15, -0.1) is 0 Å². The van der Waals surface area contributed by atoms with Gasteiger partial charge in [0.05, 0.1) is 4.47 Å². The van der Waals surface area contributed by atoms with Gasteiger partial charge in [0.15, 0.2) is 0 Å². The summed E-state index contributed by atoms with van der Waals surface area (Å²) in [6.07, 6.45) is 0. The van der Waals surface area contributed by atoms with Crippen LogP contribution in [0, 0.1) is 11.6 Å². The normalized spacial score (nSPS) is 11.2. The summed E-state index contributed by atoms with van der Waals surface area (Å²) in [6, 6.07) is 2.59. The van der Waals surface area contributed by atoms with Crippen molar-refractivity contribution >= 4 is 15.9 Å². The number of nitrogens with two attached hydrogens (primary N) is 2. The zero-order valence-corrected chi connectivity index (χ0v) is 11.0. The van der Waals surface area contributed by atoms with E-state index in [1.807, 2.05) is 4.90 Å². The van der Waals surface area contributed by atoms with E-state index in [0.29, 0.717) is 26.2 Å². The highest BCUT2D eigenvalue weighted by atomic mass is 79.9. The molecule has 0 aliphatic rings. The van der Waals surface area contributed by atoms with E-state index >= 15 is 0 Å². The van der Waals surface area contributed by atoms with Crippen molar-refractivity contribution in [3.63, 3.8) is 0 Å². The first-order chi connectivity index (χ1) is 8.10. The van der Waals surface area contributed by atoms with Crippen molar-refractivity contribution in [1.82, 2.24) is 4.90 Å². The second-order valence-corrected chi connectivity index (χ2v) is 4.53. The van der Waals surface area contributed by atoms with Gasteiger partial charge in [0.1, 0.15) is 11.6 Å². The topological polar surface area (TPSA) is 55.3 Å². The zero-order chi connectivity index (χ0) is 12.8. The van der Waals surface area contributed by atoms with Crippen molar-refractivity contribution in [2.45, 2.75) is 6.54 Å². The molecule has 1 aromatic rings. The van der Waals surface area contributed by atoms with Crippen LogP contribution in [0.2, 0.25) is 0 Å². The van der Waals surface area contributed by atoms with Crippen LogP contribution in [0.1, 0.15) is 5.56 Å². The van der Waals surface area contributed by atoms with Gasteiger partial charge >= 0.3 is 0 Å². The minimum absolute atomic E-state index is 0.0428. The number of hydrogen-bond donors (Lipinski definition) is 2. The molecule has 0 aliphatic heterocycles. The molecule has 0 spiro atoms. The molecule has 1 rings (SSSR count). The van der Waals surface area contributed by atoms with Gasteiger partial charge in [0, 0.05) is 38.3 Å². The van der Waals surface area contributed by atoms with E-state index in [1.165, 1.54) is 12.1 Å². The maximum absolute atomic E-state index is 13.7. The van der Waals surface area contributed by atoms with Crippen molar-refractivity contribution in [3.05, 3.63) is 33.8 Å². The van der Waals surface area contributed by atoms with Crippen LogP contribution in [-0.2, 0) is 6.54 Å². The number of rotatable bonds is 6. The Bertz CT molecular complexity index is 368. The Balaban J connectivity index is 2.88.